The van der Waals surface area contributed by atoms with Gasteiger partial charge in [0.2, 0.25) is 15.8 Å². The molecule has 1 saturated carbocycles. The van der Waals surface area contributed by atoms with Crippen molar-refractivity contribution in [2.24, 2.45) is 17.0 Å². The summed E-state index contributed by atoms with van der Waals surface area (Å²) in [6.07, 6.45) is 8.76. The highest BCUT2D eigenvalue weighted by Crippen LogP contribution is 2.40. The SMILES string of the molecule is CCC1CCC(Cc2ccc(-c3ccc(C4CCNCC4)cc3)c(-c3nn[nH]n3)c2S(N)(=O)=O)CC1. The van der Waals surface area contributed by atoms with Gasteiger partial charge < -0.3 is 5.32 Å². The van der Waals surface area contributed by atoms with Gasteiger partial charge in [0.05, 0.1) is 10.5 Å². The van der Waals surface area contributed by atoms with Crippen LogP contribution in [0.15, 0.2) is 41.3 Å². The van der Waals surface area contributed by atoms with Crippen LogP contribution >= 0.6 is 0 Å². The molecule has 1 aromatic heterocycles. The van der Waals surface area contributed by atoms with Crippen LogP contribution in [0.25, 0.3) is 22.5 Å². The van der Waals surface area contributed by atoms with Crippen molar-refractivity contribution < 1.29 is 8.42 Å². The lowest BCUT2D eigenvalue weighted by Crippen LogP contribution is -2.26. The van der Waals surface area contributed by atoms with Crippen molar-refractivity contribution in [3.63, 3.8) is 0 Å². The van der Waals surface area contributed by atoms with E-state index < -0.39 is 10.0 Å². The molecule has 192 valence electrons. The number of H-pyrrole nitrogens is 1. The smallest absolute Gasteiger partial charge is 0.239 e. The molecule has 4 N–H and O–H groups in total. The van der Waals surface area contributed by atoms with Crippen molar-refractivity contribution in [2.45, 2.75) is 69.1 Å². The van der Waals surface area contributed by atoms with Crippen LogP contribution < -0.4 is 10.5 Å². The van der Waals surface area contributed by atoms with Crippen LogP contribution in [-0.2, 0) is 16.4 Å². The summed E-state index contributed by atoms with van der Waals surface area (Å²) < 4.78 is 26.1. The monoisotopic (exact) mass is 508 g/mol. The van der Waals surface area contributed by atoms with E-state index in [2.05, 4.69) is 57.1 Å². The average Bonchev–Trinajstić information content (AvgIpc) is 3.44. The fourth-order valence-electron chi connectivity index (χ4n) is 6.09. The van der Waals surface area contributed by atoms with E-state index in [0.717, 1.165) is 61.4 Å². The summed E-state index contributed by atoms with van der Waals surface area (Å²) in [6, 6.07) is 12.4. The van der Waals surface area contributed by atoms with Gasteiger partial charge in [0.1, 0.15) is 0 Å². The summed E-state index contributed by atoms with van der Waals surface area (Å²) in [7, 11) is -4.04. The second-order valence-corrected chi connectivity index (χ2v) is 11.9. The van der Waals surface area contributed by atoms with Crippen molar-refractivity contribution in [2.75, 3.05) is 13.1 Å². The van der Waals surface area contributed by atoms with Crippen molar-refractivity contribution >= 4 is 10.0 Å². The van der Waals surface area contributed by atoms with Crippen LogP contribution in [0.5, 0.6) is 0 Å². The minimum Gasteiger partial charge on any atom is -0.317 e. The molecule has 0 spiro atoms. The van der Waals surface area contributed by atoms with Gasteiger partial charge in [-0.2, -0.15) is 5.21 Å². The Labute approximate surface area is 213 Å². The molecule has 2 aromatic carbocycles. The highest BCUT2D eigenvalue weighted by molar-refractivity contribution is 7.89. The topological polar surface area (TPSA) is 127 Å². The van der Waals surface area contributed by atoms with Gasteiger partial charge in [-0.1, -0.05) is 62.6 Å². The highest BCUT2D eigenvalue weighted by Gasteiger charge is 2.29. The van der Waals surface area contributed by atoms with E-state index in [-0.39, 0.29) is 10.7 Å². The van der Waals surface area contributed by atoms with Crippen molar-refractivity contribution in [3.05, 3.63) is 47.5 Å². The lowest BCUT2D eigenvalue weighted by Gasteiger charge is -2.28. The van der Waals surface area contributed by atoms with Gasteiger partial charge in [0.15, 0.2) is 0 Å². The molecule has 5 rings (SSSR count). The van der Waals surface area contributed by atoms with Crippen molar-refractivity contribution in [3.8, 4) is 22.5 Å². The zero-order valence-electron chi connectivity index (χ0n) is 20.9. The second-order valence-electron chi connectivity index (χ2n) is 10.4. The summed E-state index contributed by atoms with van der Waals surface area (Å²) in [6.45, 7) is 4.32. The molecule has 0 amide bonds. The van der Waals surface area contributed by atoms with Gasteiger partial charge in [-0.25, -0.2) is 13.6 Å². The van der Waals surface area contributed by atoms with E-state index in [1.54, 1.807) is 0 Å². The Kier molecular flexibility index (Phi) is 7.50. The molecule has 1 aliphatic carbocycles. The number of sulfonamides is 1. The van der Waals surface area contributed by atoms with E-state index >= 15 is 0 Å². The minimum absolute atomic E-state index is 0.126. The summed E-state index contributed by atoms with van der Waals surface area (Å²) >= 11 is 0. The maximum Gasteiger partial charge on any atom is 0.239 e. The Hall–Kier alpha value is -2.62. The predicted molar refractivity (Wildman–Crippen MR) is 141 cm³/mol. The zero-order chi connectivity index (χ0) is 25.1. The number of rotatable bonds is 7. The third-order valence-corrected chi connectivity index (χ3v) is 9.21. The first kappa shape index (κ1) is 25.0. The maximum absolute atomic E-state index is 13.0. The molecule has 2 heterocycles. The molecule has 0 unspecified atom stereocenters. The van der Waals surface area contributed by atoms with E-state index in [9.17, 15) is 8.42 Å². The molecule has 36 heavy (non-hydrogen) atoms. The number of benzene rings is 2. The Morgan fingerprint density at radius 1 is 0.944 bits per heavy atom. The van der Waals surface area contributed by atoms with Crippen LogP contribution in [0.1, 0.15) is 68.9 Å². The summed E-state index contributed by atoms with van der Waals surface area (Å²) in [5.41, 5.74) is 4.14. The predicted octanol–water partition coefficient (Wildman–Crippen LogP) is 4.41. The van der Waals surface area contributed by atoms with E-state index in [0.29, 0.717) is 23.8 Å². The normalized spacial score (nSPS) is 21.5. The standard InChI is InChI=1S/C27H36N6O2S/c1-2-18-3-5-19(6-4-18)17-23-11-12-24(25(26(23)36(28,34)35)27-30-32-33-31-27)22-9-7-20(8-10-22)21-13-15-29-16-14-21/h7-12,18-19,21,29H,2-6,13-17H2,1H3,(H2,28,34,35)(H,30,31,32,33). The number of nitrogens with zero attached hydrogens (tertiary/aromatic N) is 3. The van der Waals surface area contributed by atoms with Gasteiger partial charge in [0, 0.05) is 0 Å². The van der Waals surface area contributed by atoms with Crippen LogP contribution in [0, 0.1) is 11.8 Å². The van der Waals surface area contributed by atoms with E-state index in [1.807, 2.05) is 12.1 Å². The summed E-state index contributed by atoms with van der Waals surface area (Å²) in [5.74, 6) is 2.01. The average molecular weight is 509 g/mol. The van der Waals surface area contributed by atoms with Crippen molar-refractivity contribution in [1.29, 1.82) is 0 Å². The molecule has 1 saturated heterocycles. The molecular weight excluding hydrogens is 472 g/mol. The minimum atomic E-state index is -4.04. The molecule has 3 aromatic rings. The van der Waals surface area contributed by atoms with E-state index in [1.165, 1.54) is 24.8 Å². The largest absolute Gasteiger partial charge is 0.317 e. The first-order chi connectivity index (χ1) is 17.4. The molecule has 0 bridgehead atoms. The number of tetrazole rings is 1. The molecule has 8 nitrogen and oxygen atoms in total. The number of nitrogens with one attached hydrogen (secondary N) is 2. The maximum atomic E-state index is 13.0. The van der Waals surface area contributed by atoms with Gasteiger partial charge in [-0.05, 0) is 90.4 Å². The van der Waals surface area contributed by atoms with Crippen LogP contribution in [-0.4, -0.2) is 42.1 Å². The third kappa shape index (κ3) is 5.38. The fraction of sp³-hybridized carbons (Fsp3) is 0.519. The Morgan fingerprint density at radius 2 is 1.64 bits per heavy atom. The number of hydrogen-bond acceptors (Lipinski definition) is 6. The Morgan fingerprint density at radius 3 is 2.25 bits per heavy atom. The Bertz CT molecular complexity index is 1260. The van der Waals surface area contributed by atoms with Crippen LogP contribution in [0.4, 0.5) is 0 Å². The van der Waals surface area contributed by atoms with Crippen LogP contribution in [0.3, 0.4) is 0 Å². The number of primary sulfonamides is 1. The van der Waals surface area contributed by atoms with Gasteiger partial charge >= 0.3 is 0 Å². The number of aromatic nitrogens is 4. The van der Waals surface area contributed by atoms with Crippen molar-refractivity contribution in [1.82, 2.24) is 25.9 Å². The highest BCUT2D eigenvalue weighted by atomic mass is 32.2. The van der Waals surface area contributed by atoms with Gasteiger partial charge in [-0.3, -0.25) is 0 Å². The van der Waals surface area contributed by atoms with Gasteiger partial charge in [0.25, 0.3) is 0 Å². The van der Waals surface area contributed by atoms with Gasteiger partial charge in [-0.15, -0.1) is 10.2 Å². The van der Waals surface area contributed by atoms with E-state index in [4.69, 9.17) is 5.14 Å². The number of aromatic amines is 1. The third-order valence-electron chi connectivity index (χ3n) is 8.18. The number of hydrogen-bond donors (Lipinski definition) is 3. The molecule has 1 aliphatic heterocycles. The quantitative estimate of drug-likeness (QED) is 0.434. The molecular formula is C27H36N6O2S. The number of nitrogens with two attached hydrogens (primary N) is 1. The summed E-state index contributed by atoms with van der Waals surface area (Å²) in [5, 5.41) is 23.8. The zero-order valence-corrected chi connectivity index (χ0v) is 21.7. The molecule has 2 aliphatic rings. The number of piperidine rings is 1. The molecule has 0 radical (unpaired) electrons. The first-order valence-electron chi connectivity index (χ1n) is 13.2. The Balaban J connectivity index is 1.55. The molecule has 2 fully saturated rings. The lowest BCUT2D eigenvalue weighted by atomic mass is 9.78. The molecule has 0 atom stereocenters. The first-order valence-corrected chi connectivity index (χ1v) is 14.7. The van der Waals surface area contributed by atoms with Crippen LogP contribution in [0.2, 0.25) is 0 Å². The second kappa shape index (κ2) is 10.8. The fourth-order valence-corrected chi connectivity index (χ4v) is 7.09. The molecule has 9 heteroatoms. The summed E-state index contributed by atoms with van der Waals surface area (Å²) in [4.78, 5) is 0.126. The lowest BCUT2D eigenvalue weighted by molar-refractivity contribution is 0.267.